The summed E-state index contributed by atoms with van der Waals surface area (Å²) >= 11 is 0. The summed E-state index contributed by atoms with van der Waals surface area (Å²) < 4.78 is 0. The van der Waals surface area contributed by atoms with Gasteiger partial charge in [0.2, 0.25) is 0 Å². The van der Waals surface area contributed by atoms with Crippen molar-refractivity contribution in [1.82, 2.24) is 0 Å². The van der Waals surface area contributed by atoms with Gasteiger partial charge in [-0.05, 0) is 97.5 Å². The minimum absolute atomic E-state index is 0. The molecule has 6 rings (SSSR count). The predicted octanol–water partition coefficient (Wildman–Crippen LogP) is 6.29. The van der Waals surface area contributed by atoms with E-state index in [0.717, 1.165) is 23.7 Å². The summed E-state index contributed by atoms with van der Waals surface area (Å²) in [6.45, 7) is 2.17. The van der Waals surface area contributed by atoms with Crippen LogP contribution in [0.4, 0.5) is 0 Å². The van der Waals surface area contributed by atoms with Crippen LogP contribution in [0.25, 0.3) is 11.6 Å². The molecule has 4 fully saturated rings. The monoisotopic (exact) mass is 402 g/mol. The molecule has 1 nitrogen and oxygen atoms in total. The Kier molecular flexibility index (Phi) is 5.22. The smallest absolute Gasteiger partial charge is 0.119 e. The van der Waals surface area contributed by atoms with Gasteiger partial charge in [0.05, 0.1) is 0 Å². The van der Waals surface area contributed by atoms with E-state index < -0.39 is 0 Å². The Bertz CT molecular complexity index is 811. The second-order valence-electron chi connectivity index (χ2n) is 8.89. The third kappa shape index (κ3) is 3.50. The molecule has 2 aromatic rings. The minimum atomic E-state index is 0. The summed E-state index contributed by atoms with van der Waals surface area (Å²) in [5.74, 6) is 4.60. The van der Waals surface area contributed by atoms with Crippen LogP contribution in [-0.2, 0) is 16.8 Å². The first-order chi connectivity index (χ1) is 12.7. The van der Waals surface area contributed by atoms with Crippen molar-refractivity contribution < 1.29 is 21.9 Å². The van der Waals surface area contributed by atoms with Crippen LogP contribution < -0.4 is 0 Å². The number of hydrogen-bond acceptors (Lipinski definition) is 1. The average Bonchev–Trinajstić information content (AvgIpc) is 2.63. The molecule has 2 heteroatoms. The van der Waals surface area contributed by atoms with E-state index in [1.54, 1.807) is 0 Å². The van der Waals surface area contributed by atoms with Gasteiger partial charge in [0, 0.05) is 16.8 Å². The summed E-state index contributed by atoms with van der Waals surface area (Å²) in [4.78, 5) is 0. The van der Waals surface area contributed by atoms with Crippen molar-refractivity contribution in [2.45, 2.75) is 44.9 Å². The van der Waals surface area contributed by atoms with Gasteiger partial charge in [-0.25, -0.2) is 0 Å². The number of allylic oxidation sites excluding steroid dienone is 1. The SMILES string of the molecule is C/C(=C\c1cc[c-]cc1)c1ccc(O)c(C2C3CC4CC(C3)CC2C4)c1.[Co]. The first-order valence-electron chi connectivity index (χ1n) is 10.1. The van der Waals surface area contributed by atoms with E-state index in [2.05, 4.69) is 43.3 Å². The van der Waals surface area contributed by atoms with Gasteiger partial charge in [-0.1, -0.05) is 12.1 Å². The molecule has 27 heavy (non-hydrogen) atoms. The molecule has 0 heterocycles. The molecule has 0 aromatic heterocycles. The van der Waals surface area contributed by atoms with Crippen molar-refractivity contribution in [2.24, 2.45) is 23.7 Å². The molecule has 4 saturated carbocycles. The van der Waals surface area contributed by atoms with Crippen molar-refractivity contribution in [3.63, 3.8) is 0 Å². The zero-order valence-corrected chi connectivity index (χ0v) is 16.9. The number of benzene rings is 2. The maximum atomic E-state index is 10.7. The van der Waals surface area contributed by atoms with Crippen molar-refractivity contribution >= 4 is 11.6 Å². The van der Waals surface area contributed by atoms with Crippen molar-refractivity contribution in [3.8, 4) is 5.75 Å². The van der Waals surface area contributed by atoms with Crippen LogP contribution in [0.3, 0.4) is 0 Å². The number of phenolic OH excluding ortho intramolecular Hbond substituents is 1. The van der Waals surface area contributed by atoms with Gasteiger partial charge in [0.15, 0.2) is 0 Å². The van der Waals surface area contributed by atoms with Crippen molar-refractivity contribution in [3.05, 3.63) is 65.2 Å². The molecule has 0 saturated heterocycles. The number of phenols is 1. The molecule has 1 radical (unpaired) electrons. The summed E-state index contributed by atoms with van der Waals surface area (Å²) in [7, 11) is 0. The van der Waals surface area contributed by atoms with Crippen LogP contribution in [-0.4, -0.2) is 5.11 Å². The molecule has 0 unspecified atom stereocenters. The predicted molar refractivity (Wildman–Crippen MR) is 107 cm³/mol. The molecule has 2 aromatic carbocycles. The summed E-state index contributed by atoms with van der Waals surface area (Å²) in [5, 5.41) is 10.7. The van der Waals surface area contributed by atoms with Crippen LogP contribution in [0.5, 0.6) is 5.75 Å². The zero-order valence-electron chi connectivity index (χ0n) is 15.8. The van der Waals surface area contributed by atoms with Crippen LogP contribution in [0, 0.1) is 29.7 Å². The summed E-state index contributed by atoms with van der Waals surface area (Å²) in [6.07, 6.45) is 9.24. The van der Waals surface area contributed by atoms with Gasteiger partial charge >= 0.3 is 0 Å². The Morgan fingerprint density at radius 2 is 1.59 bits per heavy atom. The Morgan fingerprint density at radius 1 is 0.963 bits per heavy atom. The first-order valence-corrected chi connectivity index (χ1v) is 10.1. The molecule has 1 N–H and O–H groups in total. The molecule has 143 valence electrons. The van der Waals surface area contributed by atoms with Gasteiger partial charge in [0.25, 0.3) is 0 Å². The second kappa shape index (κ2) is 7.48. The van der Waals surface area contributed by atoms with Gasteiger partial charge in [-0.15, -0.1) is 5.56 Å². The quantitative estimate of drug-likeness (QED) is 0.473. The topological polar surface area (TPSA) is 20.2 Å². The van der Waals surface area contributed by atoms with Crippen LogP contribution in [0.2, 0.25) is 0 Å². The normalized spacial score (nSPS) is 31.6. The Hall–Kier alpha value is -1.51. The molecule has 0 aliphatic heterocycles. The summed E-state index contributed by atoms with van der Waals surface area (Å²) in [5.41, 5.74) is 4.90. The number of hydrogen-bond donors (Lipinski definition) is 1. The van der Waals surface area contributed by atoms with E-state index in [-0.39, 0.29) is 16.8 Å². The third-order valence-electron chi connectivity index (χ3n) is 7.20. The van der Waals surface area contributed by atoms with Crippen molar-refractivity contribution in [1.29, 1.82) is 0 Å². The molecule has 0 atom stereocenters. The van der Waals surface area contributed by atoms with Gasteiger partial charge in [0.1, 0.15) is 5.75 Å². The molecule has 4 aliphatic rings. The van der Waals surface area contributed by atoms with Crippen LogP contribution >= 0.6 is 0 Å². The van der Waals surface area contributed by atoms with Crippen molar-refractivity contribution in [2.75, 3.05) is 0 Å². The van der Waals surface area contributed by atoms with Gasteiger partial charge < -0.3 is 5.11 Å². The maximum absolute atomic E-state index is 10.7. The van der Waals surface area contributed by atoms with E-state index in [1.807, 2.05) is 18.2 Å². The van der Waals surface area contributed by atoms with E-state index in [0.29, 0.717) is 11.7 Å². The van der Waals surface area contributed by atoms with Gasteiger partial charge in [-0.2, -0.15) is 30.3 Å². The third-order valence-corrected chi connectivity index (χ3v) is 7.20. The minimum Gasteiger partial charge on any atom is -0.508 e. The standard InChI is InChI=1S/C25H27O.Co/c1-16(9-17-5-3-2-4-6-17)20-7-8-24(26)23(15-20)25-21-11-18-10-19(13-21)14-22(25)12-18;/h3-9,15,18-19,21-22,25-26H,10-14H2,1H3;/q-1;/b16-9+;. The number of rotatable bonds is 3. The van der Waals surface area contributed by atoms with Crippen LogP contribution in [0.1, 0.15) is 61.6 Å². The van der Waals surface area contributed by atoms with E-state index >= 15 is 0 Å². The second-order valence-corrected chi connectivity index (χ2v) is 8.89. The number of aromatic hydroxyl groups is 1. The maximum Gasteiger partial charge on any atom is 0.119 e. The molecule has 4 bridgehead atoms. The molecule has 4 aliphatic carbocycles. The molecular weight excluding hydrogens is 375 g/mol. The van der Waals surface area contributed by atoms with Crippen LogP contribution in [0.15, 0.2) is 42.5 Å². The Balaban J connectivity index is 0.00000180. The first kappa shape index (κ1) is 18.8. The fourth-order valence-corrected chi connectivity index (χ4v) is 6.33. The molecular formula is C25H27CoO-. The Morgan fingerprint density at radius 3 is 2.22 bits per heavy atom. The zero-order chi connectivity index (χ0) is 17.7. The largest absolute Gasteiger partial charge is 0.508 e. The molecule has 0 spiro atoms. The summed E-state index contributed by atoms with van der Waals surface area (Å²) in [6, 6.07) is 17.4. The van der Waals surface area contributed by atoms with E-state index in [4.69, 9.17) is 0 Å². The fraction of sp³-hybridized carbons (Fsp3) is 0.440. The fourth-order valence-electron chi connectivity index (χ4n) is 6.33. The van der Waals surface area contributed by atoms with E-state index in [1.165, 1.54) is 54.4 Å². The van der Waals surface area contributed by atoms with E-state index in [9.17, 15) is 5.11 Å². The Labute approximate surface area is 173 Å². The van der Waals surface area contributed by atoms with Gasteiger partial charge in [-0.3, -0.25) is 0 Å². The molecule has 0 amide bonds. The average molecular weight is 402 g/mol.